The molecule has 3 heteroatoms. The number of anilines is 1. The third-order valence-electron chi connectivity index (χ3n) is 2.60. The Balaban J connectivity index is 2.16. The number of hydrogen-bond donors (Lipinski definition) is 0. The van der Waals surface area contributed by atoms with E-state index in [1.165, 1.54) is 5.69 Å². The number of nitrogens with zero attached hydrogens (tertiary/aromatic N) is 2. The zero-order valence-electron chi connectivity index (χ0n) is 8.73. The minimum atomic E-state index is 0.452. The van der Waals surface area contributed by atoms with Gasteiger partial charge in [0.05, 0.1) is 25.1 Å². The summed E-state index contributed by atoms with van der Waals surface area (Å²) in [6.45, 7) is 6.78. The minimum Gasteiger partial charge on any atom is -0.377 e. The average Bonchev–Trinajstić information content (AvgIpc) is 2.20. The molecule has 0 saturated carbocycles. The van der Waals surface area contributed by atoms with Crippen LogP contribution in [0, 0.1) is 6.92 Å². The molecule has 0 aliphatic carbocycles. The van der Waals surface area contributed by atoms with Crippen LogP contribution >= 0.6 is 0 Å². The molecular weight excluding hydrogens is 176 g/mol. The topological polar surface area (TPSA) is 25.4 Å². The summed E-state index contributed by atoms with van der Waals surface area (Å²) in [6, 6.07) is 4.63. The van der Waals surface area contributed by atoms with E-state index in [-0.39, 0.29) is 0 Å². The molecule has 0 bridgehead atoms. The van der Waals surface area contributed by atoms with Crippen molar-refractivity contribution >= 4 is 5.69 Å². The molecule has 76 valence electrons. The quantitative estimate of drug-likeness (QED) is 0.676. The SMILES string of the molecule is Cc1ccc(N2CCOCC2C)cn1. The second-order valence-electron chi connectivity index (χ2n) is 3.78. The molecule has 1 aromatic rings. The lowest BCUT2D eigenvalue weighted by atomic mass is 10.2. The maximum absolute atomic E-state index is 5.40. The first-order valence-corrected chi connectivity index (χ1v) is 5.04. The van der Waals surface area contributed by atoms with E-state index in [2.05, 4.69) is 28.9 Å². The molecule has 0 amide bonds. The van der Waals surface area contributed by atoms with Gasteiger partial charge in [0.15, 0.2) is 0 Å². The monoisotopic (exact) mass is 192 g/mol. The lowest BCUT2D eigenvalue weighted by molar-refractivity contribution is 0.0989. The molecule has 14 heavy (non-hydrogen) atoms. The van der Waals surface area contributed by atoms with Crippen LogP contribution in [0.25, 0.3) is 0 Å². The molecule has 1 unspecified atom stereocenters. The number of pyridine rings is 1. The molecular formula is C11H16N2O. The predicted octanol–water partition coefficient (Wildman–Crippen LogP) is 1.62. The fourth-order valence-electron chi connectivity index (χ4n) is 1.74. The van der Waals surface area contributed by atoms with Gasteiger partial charge < -0.3 is 9.64 Å². The van der Waals surface area contributed by atoms with Gasteiger partial charge in [-0.15, -0.1) is 0 Å². The first kappa shape index (κ1) is 9.46. The normalized spacial score (nSPS) is 22.4. The Kier molecular flexibility index (Phi) is 2.68. The summed E-state index contributed by atoms with van der Waals surface area (Å²) in [5.41, 5.74) is 2.26. The summed E-state index contributed by atoms with van der Waals surface area (Å²) < 4.78 is 5.40. The zero-order chi connectivity index (χ0) is 9.97. The van der Waals surface area contributed by atoms with Crippen LogP contribution in [0.2, 0.25) is 0 Å². The van der Waals surface area contributed by atoms with Crippen molar-refractivity contribution in [2.75, 3.05) is 24.7 Å². The molecule has 1 fully saturated rings. The van der Waals surface area contributed by atoms with Crippen molar-refractivity contribution in [2.45, 2.75) is 19.9 Å². The van der Waals surface area contributed by atoms with Crippen LogP contribution in [0.4, 0.5) is 5.69 Å². The van der Waals surface area contributed by atoms with Crippen LogP contribution in [-0.2, 0) is 4.74 Å². The number of ether oxygens (including phenoxy) is 1. The number of morpholine rings is 1. The molecule has 0 spiro atoms. The molecule has 1 atom stereocenters. The summed E-state index contributed by atoms with van der Waals surface area (Å²) in [6.07, 6.45) is 1.94. The Morgan fingerprint density at radius 1 is 1.50 bits per heavy atom. The standard InChI is InChI=1S/C11H16N2O/c1-9-3-4-11(7-12-9)13-5-6-14-8-10(13)2/h3-4,7,10H,5-6,8H2,1-2H3. The average molecular weight is 192 g/mol. The second-order valence-corrected chi connectivity index (χ2v) is 3.78. The van der Waals surface area contributed by atoms with E-state index >= 15 is 0 Å². The lowest BCUT2D eigenvalue weighted by Crippen LogP contribution is -2.43. The highest BCUT2D eigenvalue weighted by molar-refractivity contribution is 5.45. The number of aromatic nitrogens is 1. The summed E-state index contributed by atoms with van der Waals surface area (Å²) >= 11 is 0. The fourth-order valence-corrected chi connectivity index (χ4v) is 1.74. The third kappa shape index (κ3) is 1.87. The van der Waals surface area contributed by atoms with Crippen molar-refractivity contribution in [1.29, 1.82) is 0 Å². The van der Waals surface area contributed by atoms with E-state index in [0.29, 0.717) is 6.04 Å². The van der Waals surface area contributed by atoms with Crippen molar-refractivity contribution in [3.63, 3.8) is 0 Å². The largest absolute Gasteiger partial charge is 0.377 e. The Hall–Kier alpha value is -1.09. The van der Waals surface area contributed by atoms with Crippen molar-refractivity contribution in [3.8, 4) is 0 Å². The number of hydrogen-bond acceptors (Lipinski definition) is 3. The fraction of sp³-hybridized carbons (Fsp3) is 0.545. The van der Waals surface area contributed by atoms with E-state index in [1.54, 1.807) is 0 Å². The second kappa shape index (κ2) is 3.96. The van der Waals surface area contributed by atoms with Gasteiger partial charge in [0.2, 0.25) is 0 Å². The van der Waals surface area contributed by atoms with Gasteiger partial charge >= 0.3 is 0 Å². The predicted molar refractivity (Wildman–Crippen MR) is 56.6 cm³/mol. The molecule has 3 nitrogen and oxygen atoms in total. The van der Waals surface area contributed by atoms with Gasteiger partial charge in [0.1, 0.15) is 0 Å². The van der Waals surface area contributed by atoms with Gasteiger partial charge in [0, 0.05) is 18.3 Å². The minimum absolute atomic E-state index is 0.452. The first-order valence-electron chi connectivity index (χ1n) is 5.04. The van der Waals surface area contributed by atoms with E-state index < -0.39 is 0 Å². The molecule has 1 aliphatic heterocycles. The molecule has 2 rings (SSSR count). The van der Waals surface area contributed by atoms with E-state index in [1.807, 2.05) is 13.1 Å². The summed E-state index contributed by atoms with van der Waals surface area (Å²) in [5, 5.41) is 0. The van der Waals surface area contributed by atoms with Crippen LogP contribution in [0.3, 0.4) is 0 Å². The number of rotatable bonds is 1. The summed E-state index contributed by atoms with van der Waals surface area (Å²) in [5.74, 6) is 0. The molecule has 1 aromatic heterocycles. The first-order chi connectivity index (χ1) is 6.77. The molecule has 0 N–H and O–H groups in total. The maximum atomic E-state index is 5.40. The van der Waals surface area contributed by atoms with Crippen LogP contribution in [-0.4, -0.2) is 30.8 Å². The van der Waals surface area contributed by atoms with E-state index in [9.17, 15) is 0 Å². The maximum Gasteiger partial charge on any atom is 0.0668 e. The van der Waals surface area contributed by atoms with Crippen molar-refractivity contribution in [3.05, 3.63) is 24.0 Å². The molecule has 0 radical (unpaired) electrons. The van der Waals surface area contributed by atoms with Crippen molar-refractivity contribution in [2.24, 2.45) is 0 Å². The molecule has 2 heterocycles. The third-order valence-corrected chi connectivity index (χ3v) is 2.60. The molecule has 0 aromatic carbocycles. The Morgan fingerprint density at radius 2 is 2.36 bits per heavy atom. The summed E-state index contributed by atoms with van der Waals surface area (Å²) in [7, 11) is 0. The highest BCUT2D eigenvalue weighted by Crippen LogP contribution is 2.18. The Labute approximate surface area is 84.7 Å². The highest BCUT2D eigenvalue weighted by atomic mass is 16.5. The van der Waals surface area contributed by atoms with Gasteiger partial charge in [-0.25, -0.2) is 0 Å². The Morgan fingerprint density at radius 3 is 3.00 bits per heavy atom. The highest BCUT2D eigenvalue weighted by Gasteiger charge is 2.18. The van der Waals surface area contributed by atoms with Crippen LogP contribution in [0.5, 0.6) is 0 Å². The zero-order valence-corrected chi connectivity index (χ0v) is 8.73. The number of aryl methyl sites for hydroxylation is 1. The van der Waals surface area contributed by atoms with Crippen molar-refractivity contribution < 1.29 is 4.74 Å². The van der Waals surface area contributed by atoms with E-state index in [4.69, 9.17) is 4.74 Å². The Bertz CT molecular complexity index is 297. The smallest absolute Gasteiger partial charge is 0.0668 e. The van der Waals surface area contributed by atoms with Gasteiger partial charge in [-0.1, -0.05) is 0 Å². The van der Waals surface area contributed by atoms with Crippen LogP contribution < -0.4 is 4.90 Å². The molecule has 1 aliphatic rings. The van der Waals surface area contributed by atoms with Crippen LogP contribution in [0.15, 0.2) is 18.3 Å². The van der Waals surface area contributed by atoms with Crippen LogP contribution in [0.1, 0.15) is 12.6 Å². The van der Waals surface area contributed by atoms with Gasteiger partial charge in [-0.3, -0.25) is 4.98 Å². The van der Waals surface area contributed by atoms with Gasteiger partial charge in [-0.2, -0.15) is 0 Å². The van der Waals surface area contributed by atoms with Crippen molar-refractivity contribution in [1.82, 2.24) is 4.98 Å². The van der Waals surface area contributed by atoms with E-state index in [0.717, 1.165) is 25.5 Å². The summed E-state index contributed by atoms with van der Waals surface area (Å²) in [4.78, 5) is 6.65. The lowest BCUT2D eigenvalue weighted by Gasteiger charge is -2.34. The van der Waals surface area contributed by atoms with Gasteiger partial charge in [-0.05, 0) is 26.0 Å². The molecule has 1 saturated heterocycles. The van der Waals surface area contributed by atoms with Gasteiger partial charge in [0.25, 0.3) is 0 Å².